The van der Waals surface area contributed by atoms with Crippen LogP contribution < -0.4 is 0 Å². The average Bonchev–Trinajstić information content (AvgIpc) is 3.46. The zero-order chi connectivity index (χ0) is 17.5. The Labute approximate surface area is 151 Å². The molecule has 5 rings (SSSR count). The summed E-state index contributed by atoms with van der Waals surface area (Å²) in [5.41, 5.74) is 3.90. The summed E-state index contributed by atoms with van der Waals surface area (Å²) >= 11 is 0. The fourth-order valence-corrected chi connectivity index (χ4v) is 3.56. The van der Waals surface area contributed by atoms with Crippen molar-refractivity contribution >= 4 is 11.6 Å². The van der Waals surface area contributed by atoms with Crippen molar-refractivity contribution in [2.45, 2.75) is 18.9 Å². The van der Waals surface area contributed by atoms with Crippen molar-refractivity contribution in [1.82, 2.24) is 19.3 Å². The third-order valence-corrected chi connectivity index (χ3v) is 5.12. The lowest BCUT2D eigenvalue weighted by molar-refractivity contribution is -0.140. The maximum absolute atomic E-state index is 12.4. The number of fused-ring (bicyclic) bond motifs is 1. The topological polar surface area (TPSA) is 59.7 Å². The van der Waals surface area contributed by atoms with Crippen molar-refractivity contribution in [2.75, 3.05) is 19.7 Å². The van der Waals surface area contributed by atoms with Gasteiger partial charge in [0.25, 0.3) is 0 Å². The minimum absolute atomic E-state index is 0.170. The number of aromatic nitrogens is 3. The molecule has 1 saturated carbocycles. The van der Waals surface area contributed by atoms with Gasteiger partial charge in [0.2, 0.25) is 5.91 Å². The van der Waals surface area contributed by atoms with Crippen LogP contribution in [0, 0.1) is 5.92 Å². The van der Waals surface area contributed by atoms with Crippen LogP contribution in [-0.2, 0) is 9.53 Å². The molecule has 132 valence electrons. The van der Waals surface area contributed by atoms with E-state index in [-0.39, 0.29) is 17.9 Å². The van der Waals surface area contributed by atoms with Gasteiger partial charge in [0.1, 0.15) is 11.8 Å². The highest BCUT2D eigenvalue weighted by Crippen LogP contribution is 2.33. The van der Waals surface area contributed by atoms with Crippen molar-refractivity contribution in [3.8, 4) is 11.3 Å². The summed E-state index contributed by atoms with van der Waals surface area (Å²) in [6.45, 7) is 1.83. The van der Waals surface area contributed by atoms with E-state index in [1.54, 1.807) is 12.4 Å². The number of rotatable bonds is 3. The van der Waals surface area contributed by atoms with Gasteiger partial charge in [0.15, 0.2) is 0 Å². The van der Waals surface area contributed by atoms with E-state index in [1.807, 2.05) is 35.4 Å². The number of nitrogens with zero attached hydrogens (tertiary/aromatic N) is 4. The summed E-state index contributed by atoms with van der Waals surface area (Å²) in [7, 11) is 0. The molecule has 1 aliphatic heterocycles. The molecule has 4 heterocycles. The number of morpholine rings is 1. The SMILES string of the molecule is O=C(C1CC1)N1CCOC(c2cn3c(-c4ccncc4)cccc3n2)C1. The number of carbonyl (C=O) groups is 1. The molecule has 1 amide bonds. The molecule has 3 aromatic heterocycles. The van der Waals surface area contributed by atoms with Gasteiger partial charge in [0, 0.05) is 36.6 Å². The second-order valence-electron chi connectivity index (χ2n) is 6.96. The largest absolute Gasteiger partial charge is 0.368 e. The highest BCUT2D eigenvalue weighted by Gasteiger charge is 2.36. The van der Waals surface area contributed by atoms with Gasteiger partial charge in [-0.15, -0.1) is 0 Å². The first-order valence-corrected chi connectivity index (χ1v) is 9.08. The van der Waals surface area contributed by atoms with E-state index in [9.17, 15) is 4.79 Å². The third-order valence-electron chi connectivity index (χ3n) is 5.12. The first kappa shape index (κ1) is 15.5. The van der Waals surface area contributed by atoms with E-state index in [0.717, 1.165) is 35.4 Å². The molecule has 1 atom stereocenters. The van der Waals surface area contributed by atoms with Gasteiger partial charge in [-0.2, -0.15) is 0 Å². The second kappa shape index (κ2) is 6.21. The molecule has 1 aliphatic carbocycles. The number of carbonyl (C=O) groups excluding carboxylic acids is 1. The molecule has 2 fully saturated rings. The summed E-state index contributed by atoms with van der Waals surface area (Å²) in [5.74, 6) is 0.521. The Morgan fingerprint density at radius 3 is 2.81 bits per heavy atom. The Morgan fingerprint density at radius 1 is 1.15 bits per heavy atom. The van der Waals surface area contributed by atoms with Gasteiger partial charge in [-0.05, 0) is 37.1 Å². The maximum Gasteiger partial charge on any atom is 0.225 e. The lowest BCUT2D eigenvalue weighted by Crippen LogP contribution is -2.43. The molecule has 26 heavy (non-hydrogen) atoms. The van der Waals surface area contributed by atoms with E-state index in [4.69, 9.17) is 9.72 Å². The van der Waals surface area contributed by atoms with Crippen molar-refractivity contribution in [3.05, 3.63) is 54.6 Å². The molecular formula is C20H20N4O2. The minimum Gasteiger partial charge on any atom is -0.368 e. The maximum atomic E-state index is 12.4. The smallest absolute Gasteiger partial charge is 0.225 e. The Hall–Kier alpha value is -2.73. The van der Waals surface area contributed by atoms with Gasteiger partial charge in [-0.3, -0.25) is 14.2 Å². The monoisotopic (exact) mass is 348 g/mol. The number of hydrogen-bond acceptors (Lipinski definition) is 4. The normalized spacial score (nSPS) is 20.5. The van der Waals surface area contributed by atoms with Crippen LogP contribution in [0.4, 0.5) is 0 Å². The standard InChI is InChI=1S/C20H20N4O2/c25-20(15-4-5-15)23-10-11-26-18(13-23)16-12-24-17(2-1-3-19(24)22-16)14-6-8-21-9-7-14/h1-3,6-9,12,15,18H,4-5,10-11,13H2. The lowest BCUT2D eigenvalue weighted by atomic mass is 10.2. The van der Waals surface area contributed by atoms with Crippen molar-refractivity contribution < 1.29 is 9.53 Å². The van der Waals surface area contributed by atoms with E-state index in [0.29, 0.717) is 19.7 Å². The predicted octanol–water partition coefficient (Wildman–Crippen LogP) is 2.71. The van der Waals surface area contributed by atoms with E-state index >= 15 is 0 Å². The number of amides is 1. The lowest BCUT2D eigenvalue weighted by Gasteiger charge is -2.32. The molecule has 0 bridgehead atoms. The Kier molecular flexibility index (Phi) is 3.71. The second-order valence-corrected chi connectivity index (χ2v) is 6.96. The fourth-order valence-electron chi connectivity index (χ4n) is 3.56. The van der Waals surface area contributed by atoms with Crippen molar-refractivity contribution in [1.29, 1.82) is 0 Å². The van der Waals surface area contributed by atoms with Gasteiger partial charge in [0.05, 0.1) is 24.5 Å². The molecule has 0 aromatic carbocycles. The van der Waals surface area contributed by atoms with Gasteiger partial charge in [-0.25, -0.2) is 4.98 Å². The van der Waals surface area contributed by atoms with Crippen LogP contribution >= 0.6 is 0 Å². The summed E-state index contributed by atoms with van der Waals surface area (Å²) in [4.78, 5) is 23.2. The number of hydrogen-bond donors (Lipinski definition) is 0. The van der Waals surface area contributed by atoms with Crippen molar-refractivity contribution in [3.63, 3.8) is 0 Å². The first-order chi connectivity index (χ1) is 12.8. The third kappa shape index (κ3) is 2.76. The van der Waals surface area contributed by atoms with E-state index < -0.39 is 0 Å². The van der Waals surface area contributed by atoms with Gasteiger partial charge < -0.3 is 9.64 Å². The Morgan fingerprint density at radius 2 is 2.00 bits per heavy atom. The van der Waals surface area contributed by atoms with Crippen LogP contribution in [0.3, 0.4) is 0 Å². The Bertz CT molecular complexity index is 949. The van der Waals surface area contributed by atoms with Crippen LogP contribution in [0.1, 0.15) is 24.6 Å². The van der Waals surface area contributed by atoms with Crippen molar-refractivity contribution in [2.24, 2.45) is 5.92 Å². The van der Waals surface area contributed by atoms with Crippen LogP contribution in [-0.4, -0.2) is 44.9 Å². The Balaban J connectivity index is 1.47. The summed E-state index contributed by atoms with van der Waals surface area (Å²) < 4.78 is 8.02. The molecular weight excluding hydrogens is 328 g/mol. The summed E-state index contributed by atoms with van der Waals surface area (Å²) in [6, 6.07) is 10.0. The van der Waals surface area contributed by atoms with Crippen LogP contribution in [0.2, 0.25) is 0 Å². The summed E-state index contributed by atoms with van der Waals surface area (Å²) in [6.07, 6.45) is 7.50. The molecule has 0 spiro atoms. The fraction of sp³-hybridized carbons (Fsp3) is 0.350. The highest BCUT2D eigenvalue weighted by atomic mass is 16.5. The quantitative estimate of drug-likeness (QED) is 0.730. The summed E-state index contributed by atoms with van der Waals surface area (Å²) in [5, 5.41) is 0. The van der Waals surface area contributed by atoms with Gasteiger partial charge in [-0.1, -0.05) is 6.07 Å². The molecule has 3 aromatic rings. The number of imidazole rings is 1. The molecule has 0 radical (unpaired) electrons. The highest BCUT2D eigenvalue weighted by molar-refractivity contribution is 5.81. The van der Waals surface area contributed by atoms with Crippen LogP contribution in [0.25, 0.3) is 16.9 Å². The van der Waals surface area contributed by atoms with E-state index in [2.05, 4.69) is 15.5 Å². The predicted molar refractivity (Wildman–Crippen MR) is 96.4 cm³/mol. The number of pyridine rings is 2. The zero-order valence-corrected chi connectivity index (χ0v) is 14.4. The molecule has 6 nitrogen and oxygen atoms in total. The first-order valence-electron chi connectivity index (χ1n) is 9.08. The molecule has 1 saturated heterocycles. The van der Waals surface area contributed by atoms with E-state index in [1.165, 1.54) is 0 Å². The molecule has 0 N–H and O–H groups in total. The minimum atomic E-state index is -0.170. The number of ether oxygens (including phenoxy) is 1. The molecule has 1 unspecified atom stereocenters. The van der Waals surface area contributed by atoms with Crippen LogP contribution in [0.15, 0.2) is 48.9 Å². The van der Waals surface area contributed by atoms with Crippen LogP contribution in [0.5, 0.6) is 0 Å². The molecule has 6 heteroatoms. The zero-order valence-electron chi connectivity index (χ0n) is 14.4. The molecule has 2 aliphatic rings. The average molecular weight is 348 g/mol. The van der Waals surface area contributed by atoms with Gasteiger partial charge >= 0.3 is 0 Å².